The summed E-state index contributed by atoms with van der Waals surface area (Å²) in [6.07, 6.45) is 0. The summed E-state index contributed by atoms with van der Waals surface area (Å²) >= 11 is 0. The van der Waals surface area contributed by atoms with Crippen molar-refractivity contribution in [1.29, 1.82) is 0 Å². The normalized spacial score (nSPS) is 10.9. The van der Waals surface area contributed by atoms with Crippen LogP contribution in [0, 0.1) is 0 Å². The fraction of sp³-hybridized carbons (Fsp3) is 0. The van der Waals surface area contributed by atoms with E-state index < -0.39 is 11.9 Å². The first-order valence-corrected chi connectivity index (χ1v) is 10.1. The number of hydrogen-bond donors (Lipinski definition) is 5. The quantitative estimate of drug-likeness (QED) is 0.269. The van der Waals surface area contributed by atoms with Crippen LogP contribution >= 0.6 is 0 Å². The zero-order chi connectivity index (χ0) is 22.9. The lowest BCUT2D eigenvalue weighted by Crippen LogP contribution is -2.12. The molecule has 0 bridgehead atoms. The zero-order valence-electron chi connectivity index (χ0n) is 17.2. The van der Waals surface area contributed by atoms with E-state index in [4.69, 9.17) is 0 Å². The molecule has 0 aliphatic carbocycles. The number of rotatable bonds is 5. The molecule has 0 aliphatic heterocycles. The zero-order valence-corrected chi connectivity index (χ0v) is 17.2. The molecule has 33 heavy (non-hydrogen) atoms. The number of hydrogen-bond acceptors (Lipinski definition) is 3. The predicted octanol–water partition coefficient (Wildman–Crippen LogP) is 4.85. The molecule has 3 aromatic carbocycles. The molecule has 0 saturated carbocycles. The van der Waals surface area contributed by atoms with Crippen molar-refractivity contribution in [1.82, 2.24) is 9.97 Å². The molecule has 8 heteroatoms. The number of aromatic carboxylic acids is 1. The second kappa shape index (κ2) is 8.01. The van der Waals surface area contributed by atoms with Gasteiger partial charge in [-0.2, -0.15) is 0 Å². The molecule has 0 atom stereocenters. The van der Waals surface area contributed by atoms with Gasteiger partial charge in [-0.15, -0.1) is 0 Å². The van der Waals surface area contributed by atoms with E-state index in [1.807, 2.05) is 12.1 Å². The number of nitrogens with one attached hydrogen (secondary N) is 4. The van der Waals surface area contributed by atoms with Crippen molar-refractivity contribution in [3.05, 3.63) is 95.8 Å². The number of anilines is 2. The van der Waals surface area contributed by atoms with Crippen LogP contribution in [0.15, 0.2) is 78.9 Å². The number of fused-ring (bicyclic) bond motifs is 2. The third kappa shape index (κ3) is 3.81. The van der Waals surface area contributed by atoms with Crippen molar-refractivity contribution < 1.29 is 19.5 Å². The Balaban J connectivity index is 1.43. The fourth-order valence-electron chi connectivity index (χ4n) is 3.74. The van der Waals surface area contributed by atoms with Crippen LogP contribution in [-0.2, 0) is 0 Å². The molecular formula is C25H18N4O4. The molecule has 0 fully saturated rings. The van der Waals surface area contributed by atoms with Crippen molar-refractivity contribution >= 4 is 51.0 Å². The second-order valence-corrected chi connectivity index (χ2v) is 7.48. The van der Waals surface area contributed by atoms with Crippen LogP contribution < -0.4 is 10.6 Å². The molecule has 2 aromatic heterocycles. The largest absolute Gasteiger partial charge is 0.477 e. The van der Waals surface area contributed by atoms with Gasteiger partial charge in [0, 0.05) is 27.4 Å². The number of benzene rings is 3. The summed E-state index contributed by atoms with van der Waals surface area (Å²) < 4.78 is 0. The third-order valence-electron chi connectivity index (χ3n) is 5.34. The van der Waals surface area contributed by atoms with Gasteiger partial charge in [-0.25, -0.2) is 4.79 Å². The van der Waals surface area contributed by atoms with E-state index in [9.17, 15) is 19.5 Å². The van der Waals surface area contributed by atoms with E-state index in [2.05, 4.69) is 20.6 Å². The lowest BCUT2D eigenvalue weighted by molar-refractivity contribution is 0.0691. The van der Waals surface area contributed by atoms with Gasteiger partial charge in [-0.05, 0) is 48.5 Å². The van der Waals surface area contributed by atoms with Crippen LogP contribution in [-0.4, -0.2) is 32.9 Å². The Morgan fingerprint density at radius 1 is 0.636 bits per heavy atom. The van der Waals surface area contributed by atoms with E-state index in [0.717, 1.165) is 0 Å². The topological polar surface area (TPSA) is 127 Å². The number of aromatic nitrogens is 2. The molecule has 0 aliphatic rings. The number of H-pyrrole nitrogens is 2. The highest BCUT2D eigenvalue weighted by Gasteiger charge is 2.16. The molecule has 0 spiro atoms. The Labute approximate surface area is 187 Å². The monoisotopic (exact) mass is 438 g/mol. The molecular weight excluding hydrogens is 420 g/mol. The van der Waals surface area contributed by atoms with Crippen LogP contribution in [0.2, 0.25) is 0 Å². The first kappa shape index (κ1) is 20.1. The Kier molecular flexibility index (Phi) is 4.87. The summed E-state index contributed by atoms with van der Waals surface area (Å²) in [6.45, 7) is 0. The summed E-state index contributed by atoms with van der Waals surface area (Å²) in [5.41, 5.74) is 3.23. The first-order valence-electron chi connectivity index (χ1n) is 10.1. The summed E-state index contributed by atoms with van der Waals surface area (Å²) in [5.74, 6) is -1.72. The number of carboxylic acid groups (broad SMARTS) is 1. The molecule has 162 valence electrons. The highest BCUT2D eigenvalue weighted by atomic mass is 16.4. The minimum Gasteiger partial charge on any atom is -0.477 e. The van der Waals surface area contributed by atoms with Gasteiger partial charge in [-0.3, -0.25) is 9.59 Å². The minimum atomic E-state index is -1.08. The average molecular weight is 438 g/mol. The van der Waals surface area contributed by atoms with Gasteiger partial charge in [0.15, 0.2) is 0 Å². The standard InChI is InChI=1S/C25H18N4O4/c30-23(14-6-2-1-3-7-14)28-19-10-4-8-17-15(19)12-21(26-17)24(31)29-20-11-5-9-18-16(20)13-22(27-18)25(32)33/h1-13,26-27H,(H,28,30)(H,29,31)(H,32,33). The third-order valence-corrected chi connectivity index (χ3v) is 5.34. The molecule has 8 nitrogen and oxygen atoms in total. The molecule has 2 amide bonds. The molecule has 0 unspecified atom stereocenters. The van der Waals surface area contributed by atoms with Crippen LogP contribution in [0.4, 0.5) is 11.4 Å². The Hall–Kier alpha value is -4.85. The molecule has 0 radical (unpaired) electrons. The number of aromatic amines is 2. The lowest BCUT2D eigenvalue weighted by atomic mass is 10.1. The number of amides is 2. The van der Waals surface area contributed by atoms with Crippen molar-refractivity contribution in [2.45, 2.75) is 0 Å². The van der Waals surface area contributed by atoms with Gasteiger partial charge in [0.05, 0.1) is 11.4 Å². The summed E-state index contributed by atoms with van der Waals surface area (Å²) in [5, 5.41) is 16.2. The summed E-state index contributed by atoms with van der Waals surface area (Å²) in [4.78, 5) is 42.7. The Morgan fingerprint density at radius 3 is 1.79 bits per heavy atom. The summed E-state index contributed by atoms with van der Waals surface area (Å²) in [6, 6.07) is 22.6. The first-order chi connectivity index (χ1) is 16.0. The van der Waals surface area contributed by atoms with Crippen LogP contribution in [0.25, 0.3) is 21.8 Å². The van der Waals surface area contributed by atoms with E-state index in [0.29, 0.717) is 44.4 Å². The average Bonchev–Trinajstić information content (AvgIpc) is 3.45. The molecule has 2 heterocycles. The van der Waals surface area contributed by atoms with Crippen molar-refractivity contribution in [2.75, 3.05) is 10.6 Å². The van der Waals surface area contributed by atoms with Crippen molar-refractivity contribution in [3.8, 4) is 0 Å². The maximum Gasteiger partial charge on any atom is 0.352 e. The van der Waals surface area contributed by atoms with Gasteiger partial charge in [-0.1, -0.05) is 30.3 Å². The molecule has 5 N–H and O–H groups in total. The SMILES string of the molecule is O=C(Nc1cccc2[nH]c(C(=O)Nc3cccc4[nH]c(C(=O)O)cc34)cc12)c1ccccc1. The van der Waals surface area contributed by atoms with Gasteiger partial charge in [0.2, 0.25) is 0 Å². The highest BCUT2D eigenvalue weighted by molar-refractivity contribution is 6.13. The highest BCUT2D eigenvalue weighted by Crippen LogP contribution is 2.27. The van der Waals surface area contributed by atoms with Crippen LogP contribution in [0.1, 0.15) is 31.3 Å². The maximum absolute atomic E-state index is 13.0. The summed E-state index contributed by atoms with van der Waals surface area (Å²) in [7, 11) is 0. The maximum atomic E-state index is 13.0. The molecule has 5 rings (SSSR count). The van der Waals surface area contributed by atoms with Crippen LogP contribution in [0.3, 0.4) is 0 Å². The minimum absolute atomic E-state index is 0.0381. The molecule has 5 aromatic rings. The Bertz CT molecular complexity index is 1530. The van der Waals surface area contributed by atoms with Crippen molar-refractivity contribution in [2.24, 2.45) is 0 Å². The van der Waals surface area contributed by atoms with Gasteiger partial charge in [0.25, 0.3) is 11.8 Å². The van der Waals surface area contributed by atoms with Crippen LogP contribution in [0.5, 0.6) is 0 Å². The van der Waals surface area contributed by atoms with E-state index in [1.165, 1.54) is 6.07 Å². The lowest BCUT2D eigenvalue weighted by Gasteiger charge is -2.06. The predicted molar refractivity (Wildman–Crippen MR) is 126 cm³/mol. The van der Waals surface area contributed by atoms with Gasteiger partial charge >= 0.3 is 5.97 Å². The van der Waals surface area contributed by atoms with E-state index >= 15 is 0 Å². The fourth-order valence-corrected chi connectivity index (χ4v) is 3.74. The second-order valence-electron chi connectivity index (χ2n) is 7.48. The van der Waals surface area contributed by atoms with Gasteiger partial charge < -0.3 is 25.7 Å². The molecule has 0 saturated heterocycles. The van der Waals surface area contributed by atoms with Crippen molar-refractivity contribution in [3.63, 3.8) is 0 Å². The van der Waals surface area contributed by atoms with E-state index in [-0.39, 0.29) is 11.6 Å². The Morgan fingerprint density at radius 2 is 1.18 bits per heavy atom. The smallest absolute Gasteiger partial charge is 0.352 e. The van der Waals surface area contributed by atoms with Gasteiger partial charge in [0.1, 0.15) is 11.4 Å². The number of carboxylic acids is 1. The van der Waals surface area contributed by atoms with E-state index in [1.54, 1.807) is 60.7 Å². The number of carbonyl (C=O) groups is 3. The number of carbonyl (C=O) groups excluding carboxylic acids is 2.